The normalized spacial score (nSPS) is 30.9. The summed E-state index contributed by atoms with van der Waals surface area (Å²) in [6.07, 6.45) is 0. The molecule has 4 atom stereocenters. The smallest absolute Gasteiger partial charge is 0.316 e. The molecule has 8 heteroatoms. The Kier molecular flexibility index (Phi) is 4.12. The molecule has 0 aliphatic heterocycles. The number of hydrogen-bond acceptors (Lipinski definition) is 8. The molecular formula is C16H16NO7-. The summed E-state index contributed by atoms with van der Waals surface area (Å²) in [6, 6.07) is 5.62. The van der Waals surface area contributed by atoms with Gasteiger partial charge in [-0.1, -0.05) is 24.3 Å². The summed E-state index contributed by atoms with van der Waals surface area (Å²) < 4.78 is 9.40. The molecule has 2 aliphatic rings. The maximum atomic E-state index is 12.8. The van der Waals surface area contributed by atoms with Crippen LogP contribution in [0.4, 0.5) is 0 Å². The van der Waals surface area contributed by atoms with Crippen molar-refractivity contribution >= 4 is 17.7 Å². The molecule has 8 nitrogen and oxygen atoms in total. The van der Waals surface area contributed by atoms with Gasteiger partial charge in [0.25, 0.3) is 0 Å². The lowest BCUT2D eigenvalue weighted by Crippen LogP contribution is -2.53. The predicted octanol–water partition coefficient (Wildman–Crippen LogP) is 0.586. The molecule has 0 amide bonds. The van der Waals surface area contributed by atoms with E-state index in [2.05, 4.69) is 0 Å². The molecule has 1 aromatic rings. The number of esters is 2. The average Bonchev–Trinajstić information content (AvgIpc) is 2.85. The van der Waals surface area contributed by atoms with Crippen molar-refractivity contribution in [1.29, 1.82) is 0 Å². The summed E-state index contributed by atoms with van der Waals surface area (Å²) in [5.74, 6) is -6.82. The van der Waals surface area contributed by atoms with Gasteiger partial charge in [-0.25, -0.2) is 0 Å². The number of rotatable bonds is 3. The number of Topliss-reactive ketones (excluding diaryl/α,β-unsaturated/α-hetero) is 1. The van der Waals surface area contributed by atoms with Crippen LogP contribution in [0.3, 0.4) is 0 Å². The highest BCUT2D eigenvalue weighted by atomic mass is 16.8. The van der Waals surface area contributed by atoms with E-state index in [9.17, 15) is 24.8 Å². The van der Waals surface area contributed by atoms with Crippen molar-refractivity contribution in [3.63, 3.8) is 0 Å². The van der Waals surface area contributed by atoms with Gasteiger partial charge in [-0.2, -0.15) is 0 Å². The summed E-state index contributed by atoms with van der Waals surface area (Å²) in [5, 5.41) is 21.2. The van der Waals surface area contributed by atoms with Crippen LogP contribution in [0.15, 0.2) is 24.3 Å². The van der Waals surface area contributed by atoms with Gasteiger partial charge in [0.15, 0.2) is 5.78 Å². The third-order valence-electron chi connectivity index (χ3n) is 4.95. The fraction of sp³-hybridized carbons (Fsp3) is 0.438. The fourth-order valence-corrected chi connectivity index (χ4v) is 4.06. The minimum Gasteiger partial charge on any atom is -0.762 e. The van der Waals surface area contributed by atoms with Gasteiger partial charge < -0.3 is 19.9 Å². The van der Waals surface area contributed by atoms with Crippen LogP contribution in [-0.2, 0) is 23.9 Å². The Bertz CT molecular complexity index is 648. The van der Waals surface area contributed by atoms with Gasteiger partial charge in [0.1, 0.15) is 11.8 Å². The SMILES string of the molecule is COC(=O)C1C(=O)C(C(=O)OC)C2c3ccccc3C1C2N([O-])O. The number of methoxy groups -OCH3 is 2. The van der Waals surface area contributed by atoms with Gasteiger partial charge in [0.2, 0.25) is 0 Å². The van der Waals surface area contributed by atoms with Crippen LogP contribution in [0, 0.1) is 17.0 Å². The zero-order valence-electron chi connectivity index (χ0n) is 13.0. The van der Waals surface area contributed by atoms with Gasteiger partial charge >= 0.3 is 11.9 Å². The second-order valence-electron chi connectivity index (χ2n) is 5.88. The van der Waals surface area contributed by atoms with Crippen molar-refractivity contribution in [2.45, 2.75) is 17.9 Å². The van der Waals surface area contributed by atoms with Gasteiger partial charge in [0, 0.05) is 17.9 Å². The molecule has 1 fully saturated rings. The Morgan fingerprint density at radius 2 is 1.46 bits per heavy atom. The maximum Gasteiger partial charge on any atom is 0.316 e. The predicted molar refractivity (Wildman–Crippen MR) is 78.7 cm³/mol. The van der Waals surface area contributed by atoms with Crippen molar-refractivity contribution in [3.8, 4) is 0 Å². The zero-order chi connectivity index (χ0) is 17.6. The second-order valence-corrected chi connectivity index (χ2v) is 5.88. The summed E-state index contributed by atoms with van der Waals surface area (Å²) >= 11 is 0. The molecule has 0 radical (unpaired) electrons. The molecule has 2 aliphatic carbocycles. The maximum absolute atomic E-state index is 12.8. The van der Waals surface area contributed by atoms with Crippen LogP contribution in [0.2, 0.25) is 0 Å². The molecule has 0 saturated heterocycles. The van der Waals surface area contributed by atoms with E-state index in [1.54, 1.807) is 24.3 Å². The number of hydrogen-bond donors (Lipinski definition) is 1. The minimum atomic E-state index is -1.35. The largest absolute Gasteiger partial charge is 0.762 e. The number of nitrogens with zero attached hydrogens (tertiary/aromatic N) is 1. The van der Waals surface area contributed by atoms with E-state index in [0.29, 0.717) is 11.1 Å². The highest BCUT2D eigenvalue weighted by Crippen LogP contribution is 2.56. The molecule has 1 aromatic carbocycles. The van der Waals surface area contributed by atoms with Crippen molar-refractivity contribution in [2.75, 3.05) is 14.2 Å². The third kappa shape index (κ3) is 2.15. The van der Waals surface area contributed by atoms with Crippen molar-refractivity contribution in [2.24, 2.45) is 11.8 Å². The van der Waals surface area contributed by atoms with Gasteiger partial charge in [-0.15, -0.1) is 0 Å². The number of benzene rings is 1. The minimum absolute atomic E-state index is 0.270. The summed E-state index contributed by atoms with van der Waals surface area (Å²) in [7, 11) is 2.25. The topological polar surface area (TPSA) is 116 Å². The molecule has 24 heavy (non-hydrogen) atoms. The van der Waals surface area contributed by atoms with E-state index in [4.69, 9.17) is 9.47 Å². The average molecular weight is 334 g/mol. The lowest BCUT2D eigenvalue weighted by molar-refractivity contribution is -0.168. The van der Waals surface area contributed by atoms with Gasteiger partial charge in [-0.3, -0.25) is 19.6 Å². The first kappa shape index (κ1) is 16.6. The number of carbonyl (C=O) groups excluding carboxylic acids is 3. The fourth-order valence-electron chi connectivity index (χ4n) is 4.06. The summed E-state index contributed by atoms with van der Waals surface area (Å²) in [5.41, 5.74) is 1.16. The number of carbonyl (C=O) groups is 3. The Morgan fingerprint density at radius 3 is 1.79 bits per heavy atom. The summed E-state index contributed by atoms with van der Waals surface area (Å²) in [4.78, 5) is 37.2. The van der Waals surface area contributed by atoms with Crippen LogP contribution in [-0.4, -0.2) is 48.4 Å². The van der Waals surface area contributed by atoms with Crippen LogP contribution in [0.5, 0.6) is 0 Å². The van der Waals surface area contributed by atoms with E-state index in [1.165, 1.54) is 0 Å². The Labute approximate surface area is 137 Å². The monoisotopic (exact) mass is 334 g/mol. The van der Waals surface area contributed by atoms with Crippen LogP contribution < -0.4 is 0 Å². The Morgan fingerprint density at radius 1 is 1.04 bits per heavy atom. The first-order valence-electron chi connectivity index (χ1n) is 7.37. The first-order chi connectivity index (χ1) is 11.4. The molecule has 128 valence electrons. The van der Waals surface area contributed by atoms with E-state index in [-0.39, 0.29) is 5.23 Å². The molecule has 1 N–H and O–H groups in total. The Balaban J connectivity index is 2.24. The van der Waals surface area contributed by atoms with Crippen molar-refractivity contribution < 1.29 is 29.1 Å². The number of hydroxylamine groups is 2. The molecule has 3 rings (SSSR count). The van der Waals surface area contributed by atoms with E-state index < -0.39 is 47.4 Å². The lowest BCUT2D eigenvalue weighted by Gasteiger charge is -2.44. The van der Waals surface area contributed by atoms with Crippen molar-refractivity contribution in [3.05, 3.63) is 40.6 Å². The van der Waals surface area contributed by atoms with Gasteiger partial charge in [-0.05, 0) is 11.1 Å². The highest BCUT2D eigenvalue weighted by Gasteiger charge is 2.61. The number of ketones is 1. The first-order valence-corrected chi connectivity index (χ1v) is 7.37. The van der Waals surface area contributed by atoms with E-state index in [1.807, 2.05) is 0 Å². The van der Waals surface area contributed by atoms with Crippen molar-refractivity contribution in [1.82, 2.24) is 5.23 Å². The number of ether oxygens (including phenoxy) is 2. The zero-order valence-corrected chi connectivity index (χ0v) is 13.0. The summed E-state index contributed by atoms with van der Waals surface area (Å²) in [6.45, 7) is 0. The molecule has 1 saturated carbocycles. The molecule has 0 spiro atoms. The third-order valence-corrected chi connectivity index (χ3v) is 4.95. The standard InChI is InChI=1S/C16H16NO7/c1-23-15(19)11-9-7-5-3-4-6-8(7)10(13(9)17(21)22)12(14(11)18)16(20)24-2/h3-6,9-13,21H,1-2H3/q-1. The van der Waals surface area contributed by atoms with Gasteiger partial charge in [0.05, 0.1) is 14.2 Å². The highest BCUT2D eigenvalue weighted by molar-refractivity contribution is 6.11. The van der Waals surface area contributed by atoms with Crippen LogP contribution in [0.1, 0.15) is 23.0 Å². The van der Waals surface area contributed by atoms with E-state index >= 15 is 0 Å². The second kappa shape index (κ2) is 5.97. The quantitative estimate of drug-likeness (QED) is 0.485. The van der Waals surface area contributed by atoms with Crippen LogP contribution in [0.25, 0.3) is 0 Å². The van der Waals surface area contributed by atoms with Crippen LogP contribution >= 0.6 is 0 Å². The Hall–Kier alpha value is -2.29. The molecule has 2 bridgehead atoms. The molecule has 4 unspecified atom stereocenters. The molecule has 0 heterocycles. The van der Waals surface area contributed by atoms with E-state index in [0.717, 1.165) is 14.2 Å². The molecular weight excluding hydrogens is 318 g/mol. The lowest BCUT2D eigenvalue weighted by atomic mass is 9.67. The molecule has 0 aromatic heterocycles. The number of fused-ring (bicyclic) bond motifs is 5.